The third-order valence-corrected chi connectivity index (χ3v) is 6.40. The summed E-state index contributed by atoms with van der Waals surface area (Å²) in [7, 11) is 0. The molecule has 5 nitrogen and oxygen atoms in total. The van der Waals surface area contributed by atoms with Crippen molar-refractivity contribution in [1.29, 1.82) is 0 Å². The first-order valence-electron chi connectivity index (χ1n) is 11.6. The Labute approximate surface area is 212 Å². The van der Waals surface area contributed by atoms with Crippen molar-refractivity contribution in [3.8, 4) is 28.5 Å². The average Bonchev–Trinajstić information content (AvgIpc) is 3.38. The van der Waals surface area contributed by atoms with Gasteiger partial charge in [0.25, 0.3) is 5.56 Å². The number of para-hydroxylation sites is 1. The summed E-state index contributed by atoms with van der Waals surface area (Å²) in [6, 6.07) is 33.5. The van der Waals surface area contributed by atoms with E-state index in [0.717, 1.165) is 23.4 Å². The van der Waals surface area contributed by atoms with Crippen molar-refractivity contribution in [3.05, 3.63) is 136 Å². The topological polar surface area (TPSA) is 52.7 Å². The maximum Gasteiger partial charge on any atom is 0.267 e. The fourth-order valence-electron chi connectivity index (χ4n) is 4.42. The van der Waals surface area contributed by atoms with E-state index in [2.05, 4.69) is 64.3 Å². The second-order valence-corrected chi connectivity index (χ2v) is 8.95. The van der Waals surface area contributed by atoms with Crippen molar-refractivity contribution in [2.45, 2.75) is 6.54 Å². The van der Waals surface area contributed by atoms with Crippen molar-refractivity contribution < 1.29 is 0 Å². The lowest BCUT2D eigenvalue weighted by atomic mass is 10.1. The summed E-state index contributed by atoms with van der Waals surface area (Å²) in [6.07, 6.45) is 3.62. The van der Waals surface area contributed by atoms with Crippen LogP contribution in [0.1, 0.15) is 5.56 Å². The number of fused-ring (bicyclic) bond motifs is 1. The van der Waals surface area contributed by atoms with E-state index in [1.807, 2.05) is 36.4 Å². The van der Waals surface area contributed by atoms with Gasteiger partial charge in [0.15, 0.2) is 0 Å². The Bertz CT molecular complexity index is 1720. The standard InChI is InChI=1S/C30H21ClN4O/c31-24-16-17-28(32-19-24)35-29(33-26-10-5-4-9-25(26)30(35)36)23-14-12-22(13-15-23)27-11-6-18-34(27)20-21-7-2-1-3-8-21/h1-19H,20H2. The molecule has 3 aromatic carbocycles. The maximum atomic E-state index is 13.5. The van der Waals surface area contributed by atoms with Crippen molar-refractivity contribution in [2.75, 3.05) is 0 Å². The normalized spacial score (nSPS) is 11.1. The molecule has 0 bridgehead atoms. The molecule has 3 aromatic heterocycles. The third-order valence-electron chi connectivity index (χ3n) is 6.18. The molecule has 0 fully saturated rings. The summed E-state index contributed by atoms with van der Waals surface area (Å²) in [5.74, 6) is 0.998. The quantitative estimate of drug-likeness (QED) is 0.274. The summed E-state index contributed by atoms with van der Waals surface area (Å²) < 4.78 is 3.78. The Morgan fingerprint density at radius 2 is 1.50 bits per heavy atom. The van der Waals surface area contributed by atoms with Crippen LogP contribution in [0.25, 0.3) is 39.4 Å². The highest BCUT2D eigenvalue weighted by atomic mass is 35.5. The molecule has 3 heterocycles. The highest BCUT2D eigenvalue weighted by Gasteiger charge is 2.16. The second kappa shape index (κ2) is 9.29. The summed E-state index contributed by atoms with van der Waals surface area (Å²) in [5, 5.41) is 1.04. The summed E-state index contributed by atoms with van der Waals surface area (Å²) in [5.41, 5.74) is 4.73. The highest BCUT2D eigenvalue weighted by molar-refractivity contribution is 6.30. The van der Waals surface area contributed by atoms with E-state index < -0.39 is 0 Å². The second-order valence-electron chi connectivity index (χ2n) is 8.51. The molecule has 6 aromatic rings. The Balaban J connectivity index is 1.44. The molecule has 0 N–H and O–H groups in total. The van der Waals surface area contributed by atoms with E-state index in [4.69, 9.17) is 16.6 Å². The van der Waals surface area contributed by atoms with E-state index in [1.165, 1.54) is 11.8 Å². The summed E-state index contributed by atoms with van der Waals surface area (Å²) in [6.45, 7) is 0.791. The van der Waals surface area contributed by atoms with Crippen LogP contribution in [0.3, 0.4) is 0 Å². The van der Waals surface area contributed by atoms with Crippen LogP contribution in [0.5, 0.6) is 0 Å². The predicted molar refractivity (Wildman–Crippen MR) is 145 cm³/mol. The SMILES string of the molecule is O=c1c2ccccc2nc(-c2ccc(-c3cccn3Cc3ccccc3)cc2)n1-c1ccc(Cl)cn1. The van der Waals surface area contributed by atoms with Gasteiger partial charge in [-0.3, -0.25) is 4.79 Å². The molecule has 0 radical (unpaired) electrons. The first kappa shape index (κ1) is 22.0. The molecule has 6 rings (SSSR count). The zero-order chi connectivity index (χ0) is 24.5. The van der Waals surface area contributed by atoms with Gasteiger partial charge in [0.2, 0.25) is 0 Å². The molecular formula is C30H21ClN4O. The van der Waals surface area contributed by atoms with Crippen LogP contribution in [-0.2, 0) is 6.54 Å². The zero-order valence-corrected chi connectivity index (χ0v) is 20.0. The minimum atomic E-state index is -0.175. The van der Waals surface area contributed by atoms with Gasteiger partial charge >= 0.3 is 0 Å². The van der Waals surface area contributed by atoms with Crippen LogP contribution < -0.4 is 5.56 Å². The number of aromatic nitrogens is 4. The number of rotatable bonds is 5. The molecule has 0 spiro atoms. The van der Waals surface area contributed by atoms with E-state index in [9.17, 15) is 4.79 Å². The maximum absolute atomic E-state index is 13.5. The van der Waals surface area contributed by atoms with Gasteiger partial charge in [-0.25, -0.2) is 14.5 Å². The fraction of sp³-hybridized carbons (Fsp3) is 0.0333. The molecule has 0 saturated carbocycles. The van der Waals surface area contributed by atoms with Crippen molar-refractivity contribution in [1.82, 2.24) is 19.1 Å². The summed E-state index contributed by atoms with van der Waals surface area (Å²) in [4.78, 5) is 22.8. The van der Waals surface area contributed by atoms with Crippen LogP contribution in [0.2, 0.25) is 5.02 Å². The lowest BCUT2D eigenvalue weighted by molar-refractivity contribution is 0.814. The number of pyridine rings is 1. The molecule has 0 atom stereocenters. The Morgan fingerprint density at radius 3 is 2.28 bits per heavy atom. The Morgan fingerprint density at radius 1 is 0.750 bits per heavy atom. The molecule has 0 aliphatic heterocycles. The van der Waals surface area contributed by atoms with Crippen molar-refractivity contribution in [3.63, 3.8) is 0 Å². The lowest BCUT2D eigenvalue weighted by Crippen LogP contribution is -2.22. The number of benzene rings is 3. The fourth-order valence-corrected chi connectivity index (χ4v) is 4.54. The van der Waals surface area contributed by atoms with Crippen molar-refractivity contribution in [2.24, 2.45) is 0 Å². The minimum Gasteiger partial charge on any atom is -0.343 e. The number of halogens is 1. The van der Waals surface area contributed by atoms with Gasteiger partial charge in [0, 0.05) is 30.2 Å². The lowest BCUT2D eigenvalue weighted by Gasteiger charge is -2.14. The first-order valence-corrected chi connectivity index (χ1v) is 12.0. The van der Waals surface area contributed by atoms with Crippen molar-refractivity contribution >= 4 is 22.5 Å². The predicted octanol–water partition coefficient (Wildman–Crippen LogP) is 6.62. The van der Waals surface area contributed by atoms with Gasteiger partial charge in [-0.15, -0.1) is 0 Å². The van der Waals surface area contributed by atoms with Crippen LogP contribution in [-0.4, -0.2) is 19.1 Å². The van der Waals surface area contributed by atoms with Gasteiger partial charge in [-0.05, 0) is 47.5 Å². The van der Waals surface area contributed by atoms with Crippen LogP contribution >= 0.6 is 11.6 Å². The molecule has 0 unspecified atom stereocenters. The molecular weight excluding hydrogens is 468 g/mol. The first-order chi connectivity index (χ1) is 17.7. The molecule has 0 aliphatic rings. The van der Waals surface area contributed by atoms with E-state index in [0.29, 0.717) is 27.6 Å². The van der Waals surface area contributed by atoms with Crippen LogP contribution in [0.4, 0.5) is 0 Å². The number of hydrogen-bond donors (Lipinski definition) is 0. The summed E-state index contributed by atoms with van der Waals surface area (Å²) >= 11 is 6.05. The van der Waals surface area contributed by atoms with Gasteiger partial charge in [0.05, 0.1) is 15.9 Å². The average molecular weight is 489 g/mol. The molecule has 6 heteroatoms. The smallest absolute Gasteiger partial charge is 0.267 e. The van der Waals surface area contributed by atoms with E-state index in [-0.39, 0.29) is 5.56 Å². The largest absolute Gasteiger partial charge is 0.343 e. The van der Waals surface area contributed by atoms with Crippen LogP contribution in [0, 0.1) is 0 Å². The number of hydrogen-bond acceptors (Lipinski definition) is 3. The van der Waals surface area contributed by atoms with Gasteiger partial charge in [-0.1, -0.05) is 78.3 Å². The number of nitrogens with zero attached hydrogens (tertiary/aromatic N) is 4. The van der Waals surface area contributed by atoms with Gasteiger partial charge in [0.1, 0.15) is 11.6 Å². The molecule has 36 heavy (non-hydrogen) atoms. The monoisotopic (exact) mass is 488 g/mol. The molecule has 174 valence electrons. The minimum absolute atomic E-state index is 0.175. The van der Waals surface area contributed by atoms with E-state index in [1.54, 1.807) is 22.8 Å². The highest BCUT2D eigenvalue weighted by Crippen LogP contribution is 2.27. The Kier molecular flexibility index (Phi) is 5.68. The zero-order valence-electron chi connectivity index (χ0n) is 19.3. The van der Waals surface area contributed by atoms with Gasteiger partial charge in [-0.2, -0.15) is 0 Å². The van der Waals surface area contributed by atoms with E-state index >= 15 is 0 Å². The molecule has 0 amide bonds. The van der Waals surface area contributed by atoms with Crippen LogP contribution in [0.15, 0.2) is 120 Å². The van der Waals surface area contributed by atoms with Gasteiger partial charge < -0.3 is 4.57 Å². The Hall–Kier alpha value is -4.48. The molecule has 0 saturated heterocycles. The third kappa shape index (κ3) is 4.10. The molecule has 0 aliphatic carbocycles.